The Kier molecular flexibility index (Phi) is 6.74. The highest BCUT2D eigenvalue weighted by Gasteiger charge is 2.26. The van der Waals surface area contributed by atoms with Gasteiger partial charge >= 0.3 is 0 Å². The van der Waals surface area contributed by atoms with Crippen LogP contribution < -0.4 is 10.0 Å². The number of hydrogen-bond acceptors (Lipinski definition) is 5. The van der Waals surface area contributed by atoms with Gasteiger partial charge in [-0.25, -0.2) is 16.8 Å². The van der Waals surface area contributed by atoms with Gasteiger partial charge in [-0.3, -0.25) is 4.79 Å². The van der Waals surface area contributed by atoms with Crippen LogP contribution in [0.25, 0.3) is 0 Å². The van der Waals surface area contributed by atoms with Crippen molar-refractivity contribution in [2.24, 2.45) is 0 Å². The van der Waals surface area contributed by atoms with E-state index in [0.29, 0.717) is 5.69 Å². The van der Waals surface area contributed by atoms with Crippen molar-refractivity contribution in [1.82, 2.24) is 4.72 Å². The molecule has 2 N–H and O–H groups in total. The molecule has 1 atom stereocenters. The maximum absolute atomic E-state index is 12.6. The van der Waals surface area contributed by atoms with Crippen LogP contribution >= 0.6 is 0 Å². The molecule has 2 aromatic carbocycles. The molecule has 27 heavy (non-hydrogen) atoms. The van der Waals surface area contributed by atoms with Crippen molar-refractivity contribution < 1.29 is 21.6 Å². The van der Waals surface area contributed by atoms with Crippen LogP contribution in [0.1, 0.15) is 12.0 Å². The van der Waals surface area contributed by atoms with Crippen molar-refractivity contribution >= 4 is 31.5 Å². The monoisotopic (exact) mass is 410 g/mol. The SMILES string of the molecule is Cc1cccc(NC(=O)[C@@H](CCS(C)(=O)=O)NS(=O)(=O)c2ccccc2)c1. The summed E-state index contributed by atoms with van der Waals surface area (Å²) in [4.78, 5) is 12.6. The predicted molar refractivity (Wildman–Crippen MR) is 105 cm³/mol. The van der Waals surface area contributed by atoms with E-state index >= 15 is 0 Å². The molecule has 7 nitrogen and oxygen atoms in total. The van der Waals surface area contributed by atoms with Crippen LogP contribution in [0.3, 0.4) is 0 Å². The van der Waals surface area contributed by atoms with Crippen molar-refractivity contribution in [2.75, 3.05) is 17.3 Å². The summed E-state index contributed by atoms with van der Waals surface area (Å²) >= 11 is 0. The number of hydrogen-bond donors (Lipinski definition) is 2. The molecular formula is C18H22N2O5S2. The van der Waals surface area contributed by atoms with Gasteiger partial charge in [-0.15, -0.1) is 0 Å². The molecule has 0 unspecified atom stereocenters. The fraction of sp³-hybridized carbons (Fsp3) is 0.278. The minimum Gasteiger partial charge on any atom is -0.325 e. The van der Waals surface area contributed by atoms with Crippen LogP contribution in [0.2, 0.25) is 0 Å². The molecule has 0 heterocycles. The smallest absolute Gasteiger partial charge is 0.242 e. The largest absolute Gasteiger partial charge is 0.325 e. The number of aryl methyl sites for hydroxylation is 1. The highest BCUT2D eigenvalue weighted by atomic mass is 32.2. The van der Waals surface area contributed by atoms with Crippen LogP contribution in [-0.4, -0.2) is 40.8 Å². The molecule has 0 spiro atoms. The average Bonchev–Trinajstić information content (AvgIpc) is 2.58. The lowest BCUT2D eigenvalue weighted by Crippen LogP contribution is -2.44. The molecule has 1 amide bonds. The number of rotatable bonds is 8. The number of anilines is 1. The number of carbonyl (C=O) groups excluding carboxylic acids is 1. The van der Waals surface area contributed by atoms with Crippen molar-refractivity contribution in [2.45, 2.75) is 24.3 Å². The molecule has 0 aliphatic carbocycles. The van der Waals surface area contributed by atoms with Crippen molar-refractivity contribution in [3.63, 3.8) is 0 Å². The van der Waals surface area contributed by atoms with E-state index in [0.717, 1.165) is 11.8 Å². The molecule has 0 saturated carbocycles. The Bertz CT molecular complexity index is 1000. The first-order chi connectivity index (χ1) is 12.6. The molecule has 0 bridgehead atoms. The summed E-state index contributed by atoms with van der Waals surface area (Å²) in [5.74, 6) is -0.945. The van der Waals surface area contributed by atoms with Gasteiger partial charge in [0, 0.05) is 11.9 Å². The summed E-state index contributed by atoms with van der Waals surface area (Å²) < 4.78 is 50.4. The Labute approximate surface area is 159 Å². The standard InChI is InChI=1S/C18H22N2O5S2/c1-14-7-6-8-15(13-14)19-18(21)17(11-12-26(2,22)23)20-27(24,25)16-9-4-3-5-10-16/h3-10,13,17,20H,11-12H2,1-2H3,(H,19,21)/t17-/m1/s1. The van der Waals surface area contributed by atoms with Crippen LogP contribution in [0, 0.1) is 6.92 Å². The quantitative estimate of drug-likeness (QED) is 0.689. The molecule has 0 aromatic heterocycles. The first kappa shape index (κ1) is 21.1. The number of carbonyl (C=O) groups is 1. The van der Waals surface area contributed by atoms with E-state index in [2.05, 4.69) is 10.0 Å². The van der Waals surface area contributed by atoms with Gasteiger partial charge in [0.1, 0.15) is 15.9 Å². The van der Waals surface area contributed by atoms with Gasteiger partial charge in [-0.1, -0.05) is 30.3 Å². The molecule has 0 fully saturated rings. The third kappa shape index (κ3) is 6.78. The second-order valence-corrected chi connectivity index (χ2v) is 10.2. The molecule has 0 radical (unpaired) electrons. The highest BCUT2D eigenvalue weighted by molar-refractivity contribution is 7.90. The van der Waals surface area contributed by atoms with E-state index in [1.54, 1.807) is 36.4 Å². The zero-order chi connectivity index (χ0) is 20.1. The molecule has 9 heteroatoms. The summed E-state index contributed by atoms with van der Waals surface area (Å²) in [5, 5.41) is 2.63. The summed E-state index contributed by atoms with van der Waals surface area (Å²) in [7, 11) is -7.35. The third-order valence-electron chi connectivity index (χ3n) is 3.73. The molecule has 0 saturated heterocycles. The number of sulfone groups is 1. The minimum absolute atomic E-state index is 0.00212. The van der Waals surface area contributed by atoms with E-state index < -0.39 is 31.8 Å². The zero-order valence-electron chi connectivity index (χ0n) is 15.0. The van der Waals surface area contributed by atoms with E-state index in [9.17, 15) is 21.6 Å². The molecule has 0 aliphatic rings. The topological polar surface area (TPSA) is 109 Å². The second-order valence-electron chi connectivity index (χ2n) is 6.26. The Hall–Kier alpha value is -2.23. The van der Waals surface area contributed by atoms with Crippen LogP contribution in [0.15, 0.2) is 59.5 Å². The summed E-state index contributed by atoms with van der Waals surface area (Å²) in [5.41, 5.74) is 1.42. The zero-order valence-corrected chi connectivity index (χ0v) is 16.7. The maximum Gasteiger partial charge on any atom is 0.242 e. The Balaban J connectivity index is 2.23. The van der Waals surface area contributed by atoms with E-state index in [-0.39, 0.29) is 17.1 Å². The first-order valence-electron chi connectivity index (χ1n) is 8.19. The third-order valence-corrected chi connectivity index (χ3v) is 6.20. The van der Waals surface area contributed by atoms with Crippen molar-refractivity contribution in [3.8, 4) is 0 Å². The fourth-order valence-corrected chi connectivity index (χ4v) is 4.30. The summed E-state index contributed by atoms with van der Waals surface area (Å²) in [6.45, 7) is 1.86. The molecular weight excluding hydrogens is 388 g/mol. The van der Waals surface area contributed by atoms with Gasteiger partial charge < -0.3 is 5.32 Å². The number of amides is 1. The van der Waals surface area contributed by atoms with Gasteiger partial charge in [0.2, 0.25) is 15.9 Å². The first-order valence-corrected chi connectivity index (χ1v) is 11.7. The average molecular weight is 411 g/mol. The highest BCUT2D eigenvalue weighted by Crippen LogP contribution is 2.13. The molecule has 0 aliphatic heterocycles. The van der Waals surface area contributed by atoms with Crippen molar-refractivity contribution in [3.05, 3.63) is 60.2 Å². The minimum atomic E-state index is -3.98. The fourth-order valence-electron chi connectivity index (χ4n) is 2.38. The Morgan fingerprint density at radius 3 is 2.26 bits per heavy atom. The lowest BCUT2D eigenvalue weighted by Gasteiger charge is -2.18. The molecule has 2 rings (SSSR count). The van der Waals surface area contributed by atoms with Gasteiger partial charge in [0.15, 0.2) is 0 Å². The van der Waals surface area contributed by atoms with E-state index in [4.69, 9.17) is 0 Å². The predicted octanol–water partition coefficient (Wildman–Crippen LogP) is 1.72. The summed E-state index contributed by atoms with van der Waals surface area (Å²) in [6, 6.07) is 13.4. The molecule has 146 valence electrons. The van der Waals surface area contributed by atoms with Gasteiger partial charge in [0.05, 0.1) is 10.6 Å². The Morgan fingerprint density at radius 1 is 1.00 bits per heavy atom. The number of benzene rings is 2. The lowest BCUT2D eigenvalue weighted by atomic mass is 10.2. The molecule has 2 aromatic rings. The maximum atomic E-state index is 12.6. The van der Waals surface area contributed by atoms with E-state index in [1.165, 1.54) is 12.1 Å². The van der Waals surface area contributed by atoms with E-state index in [1.807, 2.05) is 13.0 Å². The van der Waals surface area contributed by atoms with Crippen LogP contribution in [-0.2, 0) is 24.7 Å². The van der Waals surface area contributed by atoms with Crippen LogP contribution in [0.4, 0.5) is 5.69 Å². The van der Waals surface area contributed by atoms with Crippen LogP contribution in [0.5, 0.6) is 0 Å². The number of sulfonamides is 1. The second kappa shape index (κ2) is 8.64. The van der Waals surface area contributed by atoms with Crippen molar-refractivity contribution in [1.29, 1.82) is 0 Å². The normalized spacial score (nSPS) is 13.1. The van der Waals surface area contributed by atoms with Gasteiger partial charge in [-0.05, 0) is 43.2 Å². The van der Waals surface area contributed by atoms with Gasteiger partial charge in [-0.2, -0.15) is 4.72 Å². The number of nitrogens with one attached hydrogen (secondary N) is 2. The Morgan fingerprint density at radius 2 is 1.67 bits per heavy atom. The lowest BCUT2D eigenvalue weighted by molar-refractivity contribution is -0.117. The summed E-state index contributed by atoms with van der Waals surface area (Å²) in [6.07, 6.45) is 0.858. The van der Waals surface area contributed by atoms with Gasteiger partial charge in [0.25, 0.3) is 0 Å².